The third-order valence-corrected chi connectivity index (χ3v) is 3.29. The maximum absolute atomic E-state index is 10.9. The highest BCUT2D eigenvalue weighted by Crippen LogP contribution is 2.42. The molecule has 0 saturated carbocycles. The van der Waals surface area contributed by atoms with Crippen molar-refractivity contribution in [2.75, 3.05) is 14.2 Å². The van der Waals surface area contributed by atoms with E-state index in [9.17, 15) is 4.79 Å². The summed E-state index contributed by atoms with van der Waals surface area (Å²) in [5, 5.41) is 0. The van der Waals surface area contributed by atoms with E-state index in [0.29, 0.717) is 17.9 Å². The Morgan fingerprint density at radius 3 is 2.33 bits per heavy atom. The molecule has 1 unspecified atom stereocenters. The smallest absolute Gasteiger partial charge is 0.165 e. The number of carbonyl (C=O) groups excluding carboxylic acids is 1. The van der Waals surface area contributed by atoms with E-state index in [0.717, 1.165) is 17.4 Å². The number of allylic oxidation sites excluding steroid dienone is 1. The van der Waals surface area contributed by atoms with Crippen molar-refractivity contribution in [3.8, 4) is 11.5 Å². The van der Waals surface area contributed by atoms with E-state index in [4.69, 9.17) is 9.47 Å². The predicted octanol–water partition coefficient (Wildman–Crippen LogP) is 3.04. The fraction of sp³-hybridized carbons (Fsp3) is 0.400. The lowest BCUT2D eigenvalue weighted by Crippen LogP contribution is -2.20. The van der Waals surface area contributed by atoms with Gasteiger partial charge in [-0.3, -0.25) is 0 Å². The summed E-state index contributed by atoms with van der Waals surface area (Å²) in [4.78, 5) is 10.9. The van der Waals surface area contributed by atoms with Gasteiger partial charge in [0.2, 0.25) is 0 Å². The number of methoxy groups -OCH3 is 2. The number of aldehydes is 1. The van der Waals surface area contributed by atoms with Gasteiger partial charge in [-0.25, -0.2) is 0 Å². The molecule has 18 heavy (non-hydrogen) atoms. The molecule has 0 aliphatic heterocycles. The van der Waals surface area contributed by atoms with Gasteiger partial charge in [0.1, 0.15) is 6.29 Å². The highest BCUT2D eigenvalue weighted by atomic mass is 16.5. The number of rotatable bonds is 6. The van der Waals surface area contributed by atoms with E-state index < -0.39 is 5.41 Å². The minimum atomic E-state index is -0.450. The Morgan fingerprint density at radius 1 is 1.28 bits per heavy atom. The van der Waals surface area contributed by atoms with Crippen LogP contribution in [0.3, 0.4) is 0 Å². The van der Waals surface area contributed by atoms with Crippen molar-refractivity contribution in [3.63, 3.8) is 0 Å². The van der Waals surface area contributed by atoms with Gasteiger partial charge in [0.25, 0.3) is 0 Å². The quantitative estimate of drug-likeness (QED) is 0.573. The summed E-state index contributed by atoms with van der Waals surface area (Å²) in [6.45, 7) is 7.74. The van der Waals surface area contributed by atoms with Crippen LogP contribution in [0.25, 0.3) is 0 Å². The van der Waals surface area contributed by atoms with Crippen LogP contribution < -0.4 is 9.47 Å². The summed E-state index contributed by atoms with van der Waals surface area (Å²) in [6.07, 6.45) is 3.03. The number of carbonyl (C=O) groups is 1. The summed E-state index contributed by atoms with van der Waals surface area (Å²) >= 11 is 0. The van der Waals surface area contributed by atoms with E-state index in [2.05, 4.69) is 6.58 Å². The lowest BCUT2D eigenvalue weighted by molar-refractivity contribution is -0.108. The first-order valence-corrected chi connectivity index (χ1v) is 5.83. The van der Waals surface area contributed by atoms with Crippen molar-refractivity contribution >= 4 is 6.29 Å². The molecule has 0 aromatic heterocycles. The molecule has 1 aromatic rings. The van der Waals surface area contributed by atoms with Crippen molar-refractivity contribution in [2.24, 2.45) is 0 Å². The average molecular weight is 248 g/mol. The number of benzene rings is 1. The van der Waals surface area contributed by atoms with Crippen molar-refractivity contribution in [1.82, 2.24) is 0 Å². The van der Waals surface area contributed by atoms with Gasteiger partial charge in [-0.05, 0) is 12.5 Å². The van der Waals surface area contributed by atoms with E-state index >= 15 is 0 Å². The molecule has 3 heteroatoms. The van der Waals surface area contributed by atoms with Crippen LogP contribution in [0.5, 0.6) is 11.5 Å². The normalized spacial score (nSPS) is 13.6. The average Bonchev–Trinajstić information content (AvgIpc) is 2.38. The van der Waals surface area contributed by atoms with E-state index in [1.165, 1.54) is 0 Å². The zero-order valence-corrected chi connectivity index (χ0v) is 11.4. The van der Waals surface area contributed by atoms with E-state index in [1.807, 2.05) is 26.0 Å². The number of aryl methyl sites for hydroxylation is 1. The molecule has 0 amide bonds. The zero-order chi connectivity index (χ0) is 13.8. The van der Waals surface area contributed by atoms with Crippen LogP contribution in [0.2, 0.25) is 0 Å². The number of hydrogen-bond donors (Lipinski definition) is 0. The Labute approximate surface area is 108 Å². The minimum Gasteiger partial charge on any atom is -0.493 e. The largest absolute Gasteiger partial charge is 0.493 e. The van der Waals surface area contributed by atoms with Crippen molar-refractivity contribution in [1.29, 1.82) is 0 Å². The zero-order valence-electron chi connectivity index (χ0n) is 11.4. The topological polar surface area (TPSA) is 35.5 Å². The maximum Gasteiger partial charge on any atom is 0.165 e. The molecule has 1 atom stereocenters. The summed E-state index contributed by atoms with van der Waals surface area (Å²) in [5.41, 5.74) is 1.46. The molecule has 0 fully saturated rings. The molecule has 3 nitrogen and oxygen atoms in total. The van der Waals surface area contributed by atoms with Crippen LogP contribution in [0, 0.1) is 6.92 Å². The maximum atomic E-state index is 10.9. The van der Waals surface area contributed by atoms with Gasteiger partial charge in [0.05, 0.1) is 14.2 Å². The van der Waals surface area contributed by atoms with Gasteiger partial charge in [0, 0.05) is 17.4 Å². The molecule has 0 heterocycles. The second-order valence-corrected chi connectivity index (χ2v) is 4.49. The lowest BCUT2D eigenvalue weighted by Gasteiger charge is -2.27. The van der Waals surface area contributed by atoms with E-state index in [-0.39, 0.29) is 0 Å². The summed E-state index contributed by atoms with van der Waals surface area (Å²) in [6, 6.07) is 3.92. The van der Waals surface area contributed by atoms with Gasteiger partial charge < -0.3 is 14.3 Å². The fourth-order valence-corrected chi connectivity index (χ4v) is 2.04. The van der Waals surface area contributed by atoms with Crippen LogP contribution in [0.15, 0.2) is 24.8 Å². The molecule has 0 bridgehead atoms. The second kappa shape index (κ2) is 5.71. The van der Waals surface area contributed by atoms with Gasteiger partial charge >= 0.3 is 0 Å². The van der Waals surface area contributed by atoms with Crippen LogP contribution >= 0.6 is 0 Å². The van der Waals surface area contributed by atoms with Crippen LogP contribution in [-0.2, 0) is 10.2 Å². The number of ether oxygens (including phenoxy) is 2. The Hall–Kier alpha value is -1.77. The first-order chi connectivity index (χ1) is 8.53. The van der Waals surface area contributed by atoms with Gasteiger partial charge in [0.15, 0.2) is 11.5 Å². The molecular weight excluding hydrogens is 228 g/mol. The first-order valence-electron chi connectivity index (χ1n) is 5.83. The van der Waals surface area contributed by atoms with Gasteiger partial charge in [-0.1, -0.05) is 25.1 Å². The van der Waals surface area contributed by atoms with Crippen LogP contribution in [-0.4, -0.2) is 20.5 Å². The molecule has 1 rings (SSSR count). The highest BCUT2D eigenvalue weighted by molar-refractivity contribution is 5.60. The summed E-state index contributed by atoms with van der Waals surface area (Å²) < 4.78 is 10.8. The SMILES string of the molecule is C=CC(C)(CC=O)c1ccc(C)c(OC)c1OC. The molecule has 1 aromatic carbocycles. The highest BCUT2D eigenvalue weighted by Gasteiger charge is 2.28. The monoisotopic (exact) mass is 248 g/mol. The summed E-state index contributed by atoms with van der Waals surface area (Å²) in [7, 11) is 3.21. The number of hydrogen-bond acceptors (Lipinski definition) is 3. The van der Waals surface area contributed by atoms with Crippen LogP contribution in [0.1, 0.15) is 24.5 Å². The predicted molar refractivity (Wildman–Crippen MR) is 72.5 cm³/mol. The minimum absolute atomic E-state index is 0.360. The fourth-order valence-electron chi connectivity index (χ4n) is 2.04. The molecule has 0 aliphatic carbocycles. The first kappa shape index (κ1) is 14.3. The van der Waals surface area contributed by atoms with Crippen molar-refractivity contribution < 1.29 is 14.3 Å². The van der Waals surface area contributed by atoms with Gasteiger partial charge in [-0.2, -0.15) is 0 Å². The standard InChI is InChI=1S/C15H20O3/c1-6-15(3,9-10-16)12-8-7-11(2)13(17-4)14(12)18-5/h6-8,10H,1,9H2,2-5H3. The van der Waals surface area contributed by atoms with Crippen molar-refractivity contribution in [3.05, 3.63) is 35.9 Å². The summed E-state index contributed by atoms with van der Waals surface area (Å²) in [5.74, 6) is 1.37. The van der Waals surface area contributed by atoms with E-state index in [1.54, 1.807) is 20.3 Å². The third kappa shape index (κ3) is 2.40. The molecule has 0 saturated heterocycles. The van der Waals surface area contributed by atoms with Crippen molar-refractivity contribution in [2.45, 2.75) is 25.7 Å². The Kier molecular flexibility index (Phi) is 4.54. The molecule has 0 spiro atoms. The molecule has 0 N–H and O–H groups in total. The Morgan fingerprint density at radius 2 is 1.89 bits per heavy atom. The molecule has 0 aliphatic rings. The Balaban J connectivity index is 3.48. The molecule has 0 radical (unpaired) electrons. The second-order valence-electron chi connectivity index (χ2n) is 4.49. The van der Waals surface area contributed by atoms with Crippen LogP contribution in [0.4, 0.5) is 0 Å². The Bertz CT molecular complexity index is 451. The van der Waals surface area contributed by atoms with Gasteiger partial charge in [-0.15, -0.1) is 6.58 Å². The molecule has 98 valence electrons. The third-order valence-electron chi connectivity index (χ3n) is 3.29. The molecular formula is C15H20O3. The lowest BCUT2D eigenvalue weighted by atomic mass is 9.79.